The summed E-state index contributed by atoms with van der Waals surface area (Å²) in [6.45, 7) is 0. The van der Waals surface area contributed by atoms with Gasteiger partial charge < -0.3 is 15.0 Å². The summed E-state index contributed by atoms with van der Waals surface area (Å²) >= 11 is 0. The predicted octanol–water partition coefficient (Wildman–Crippen LogP) is 3.68. The molecule has 2 N–H and O–H groups in total. The van der Waals surface area contributed by atoms with Crippen LogP contribution in [0.5, 0.6) is 0 Å². The first kappa shape index (κ1) is 22.1. The van der Waals surface area contributed by atoms with Gasteiger partial charge in [-0.05, 0) is 42.0 Å². The van der Waals surface area contributed by atoms with E-state index in [0.29, 0.717) is 18.4 Å². The quantitative estimate of drug-likeness (QED) is 0.623. The maximum Gasteiger partial charge on any atom is 0.417 e. The third kappa shape index (κ3) is 3.58. The van der Waals surface area contributed by atoms with Gasteiger partial charge in [0.15, 0.2) is 0 Å². The fraction of sp³-hybridized carbons (Fsp3) is 0.333. The molecule has 0 saturated carbocycles. The number of para-hydroxylation sites is 1. The molecule has 4 rings (SSSR count). The fourth-order valence-electron chi connectivity index (χ4n) is 4.84. The van der Waals surface area contributed by atoms with E-state index in [0.717, 1.165) is 11.1 Å². The summed E-state index contributed by atoms with van der Waals surface area (Å²) < 4.78 is 48.8. The molecule has 168 valence electrons. The van der Waals surface area contributed by atoms with E-state index in [2.05, 4.69) is 4.74 Å². The lowest BCUT2D eigenvalue weighted by molar-refractivity contribution is -0.142. The number of carbonyl (C=O) groups excluding carboxylic acids is 1. The molecule has 1 heterocycles. The highest BCUT2D eigenvalue weighted by atomic mass is 19.4. The summed E-state index contributed by atoms with van der Waals surface area (Å²) in [4.78, 5) is 25.0. The molecule has 0 fully saturated rings. The van der Waals surface area contributed by atoms with Gasteiger partial charge >= 0.3 is 12.1 Å². The number of ether oxygens (including phenoxy) is 1. The molecule has 0 amide bonds. The summed E-state index contributed by atoms with van der Waals surface area (Å²) in [7, 11) is 2.75. The summed E-state index contributed by atoms with van der Waals surface area (Å²) in [6.07, 6.45) is -3.60. The van der Waals surface area contributed by atoms with Gasteiger partial charge in [0.1, 0.15) is 6.04 Å². The molecular formula is C24H23F3N2O3. The third-order valence-corrected chi connectivity index (χ3v) is 6.28. The molecule has 8 heteroatoms. The lowest BCUT2D eigenvalue weighted by Crippen LogP contribution is -2.34. The zero-order valence-electron chi connectivity index (χ0n) is 17.7. The van der Waals surface area contributed by atoms with Crippen molar-refractivity contribution in [3.63, 3.8) is 0 Å². The van der Waals surface area contributed by atoms with Gasteiger partial charge in [-0.2, -0.15) is 13.2 Å². The van der Waals surface area contributed by atoms with Crippen molar-refractivity contribution in [3.8, 4) is 0 Å². The molecule has 2 aromatic carbocycles. The number of rotatable bonds is 4. The number of halogens is 3. The molecule has 5 nitrogen and oxygen atoms in total. The largest absolute Gasteiger partial charge is 0.468 e. The minimum atomic E-state index is -4.68. The van der Waals surface area contributed by atoms with Crippen molar-refractivity contribution in [1.29, 1.82) is 0 Å². The van der Waals surface area contributed by atoms with Gasteiger partial charge in [0, 0.05) is 23.9 Å². The van der Waals surface area contributed by atoms with Gasteiger partial charge in [0.2, 0.25) is 0 Å². The molecule has 0 aliphatic heterocycles. The Labute approximate surface area is 182 Å². The number of aromatic nitrogens is 1. The topological polar surface area (TPSA) is 74.3 Å². The maximum atomic E-state index is 14.3. The van der Waals surface area contributed by atoms with Crippen molar-refractivity contribution >= 4 is 16.9 Å². The van der Waals surface area contributed by atoms with E-state index < -0.39 is 35.2 Å². The van der Waals surface area contributed by atoms with Gasteiger partial charge in [-0.25, -0.2) is 0 Å². The Morgan fingerprint density at radius 3 is 2.62 bits per heavy atom. The van der Waals surface area contributed by atoms with Crippen LogP contribution in [0.2, 0.25) is 0 Å². The minimum absolute atomic E-state index is 0.00872. The van der Waals surface area contributed by atoms with Crippen molar-refractivity contribution in [2.24, 2.45) is 12.8 Å². The van der Waals surface area contributed by atoms with E-state index in [9.17, 15) is 22.8 Å². The highest BCUT2D eigenvalue weighted by Crippen LogP contribution is 2.45. The van der Waals surface area contributed by atoms with Crippen LogP contribution in [-0.2, 0) is 35.6 Å². The van der Waals surface area contributed by atoms with Gasteiger partial charge in [-0.15, -0.1) is 0 Å². The van der Waals surface area contributed by atoms with Crippen LogP contribution in [0, 0.1) is 0 Å². The van der Waals surface area contributed by atoms with Crippen LogP contribution in [0.4, 0.5) is 13.2 Å². The number of nitrogens with zero attached hydrogens (tertiary/aromatic N) is 1. The van der Waals surface area contributed by atoms with E-state index in [1.165, 1.54) is 30.9 Å². The van der Waals surface area contributed by atoms with E-state index in [4.69, 9.17) is 5.73 Å². The van der Waals surface area contributed by atoms with Crippen LogP contribution in [0.15, 0.2) is 47.3 Å². The lowest BCUT2D eigenvalue weighted by Gasteiger charge is -2.22. The first-order chi connectivity index (χ1) is 15.1. The van der Waals surface area contributed by atoms with Gasteiger partial charge in [-0.3, -0.25) is 9.59 Å². The Kier molecular flexibility index (Phi) is 5.58. The minimum Gasteiger partial charge on any atom is -0.468 e. The van der Waals surface area contributed by atoms with E-state index >= 15 is 0 Å². The SMILES string of the molecule is COC(=O)[C@@H](N)Cc1cccc2c1CC[C@H]2c1c(C(F)(F)F)c2ccccc2n(C)c1=O. The van der Waals surface area contributed by atoms with Crippen molar-refractivity contribution in [1.82, 2.24) is 4.57 Å². The maximum absolute atomic E-state index is 14.3. The molecule has 0 radical (unpaired) electrons. The zero-order chi connectivity index (χ0) is 23.2. The molecule has 0 spiro atoms. The summed E-state index contributed by atoms with van der Waals surface area (Å²) in [5.74, 6) is -1.25. The summed E-state index contributed by atoms with van der Waals surface area (Å²) in [5.41, 5.74) is 6.72. The number of hydrogen-bond donors (Lipinski definition) is 1. The summed E-state index contributed by atoms with van der Waals surface area (Å²) in [5, 5.41) is 0.00872. The second-order valence-electron chi connectivity index (χ2n) is 8.08. The molecule has 1 aliphatic carbocycles. The monoisotopic (exact) mass is 444 g/mol. The third-order valence-electron chi connectivity index (χ3n) is 6.28. The molecule has 2 atom stereocenters. The van der Waals surface area contributed by atoms with Crippen LogP contribution in [0.1, 0.15) is 40.2 Å². The van der Waals surface area contributed by atoms with Gasteiger partial charge in [-0.1, -0.05) is 36.4 Å². The van der Waals surface area contributed by atoms with Gasteiger partial charge in [0.25, 0.3) is 5.56 Å². The molecule has 1 aromatic heterocycles. The highest BCUT2D eigenvalue weighted by molar-refractivity contribution is 5.84. The van der Waals surface area contributed by atoms with Crippen LogP contribution in [-0.4, -0.2) is 23.7 Å². The molecule has 0 bridgehead atoms. The first-order valence-corrected chi connectivity index (χ1v) is 10.3. The van der Waals surface area contributed by atoms with Crippen LogP contribution in [0.25, 0.3) is 10.9 Å². The molecule has 3 aromatic rings. The number of hydrogen-bond acceptors (Lipinski definition) is 4. The van der Waals surface area contributed by atoms with Crippen molar-refractivity contribution in [2.75, 3.05) is 7.11 Å². The average molecular weight is 444 g/mol. The number of esters is 1. The number of alkyl halides is 3. The van der Waals surface area contributed by atoms with E-state index in [1.807, 2.05) is 6.07 Å². The van der Waals surface area contributed by atoms with Crippen molar-refractivity contribution in [3.05, 3.63) is 80.6 Å². The van der Waals surface area contributed by atoms with E-state index in [1.54, 1.807) is 24.3 Å². The standard InChI is InChI=1S/C24H23F3N2O3/c1-29-19-9-4-3-7-17(19)21(24(25,26)27)20(22(29)30)16-11-10-14-13(6-5-8-15(14)16)12-18(28)23(31)32-2/h3-9,16,18H,10-12,28H2,1-2H3/t16-,18+/m1/s1. The van der Waals surface area contributed by atoms with Crippen molar-refractivity contribution in [2.45, 2.75) is 37.4 Å². The Morgan fingerprint density at radius 1 is 1.22 bits per heavy atom. The molecule has 0 saturated heterocycles. The predicted molar refractivity (Wildman–Crippen MR) is 114 cm³/mol. The first-order valence-electron chi connectivity index (χ1n) is 10.3. The number of benzene rings is 2. The van der Waals surface area contributed by atoms with Crippen LogP contribution < -0.4 is 11.3 Å². The Balaban J connectivity index is 1.91. The van der Waals surface area contributed by atoms with Crippen molar-refractivity contribution < 1.29 is 22.7 Å². The second kappa shape index (κ2) is 8.09. The Morgan fingerprint density at radius 2 is 1.94 bits per heavy atom. The molecule has 1 aliphatic rings. The Bertz CT molecular complexity index is 1260. The number of aryl methyl sites for hydroxylation is 1. The molecular weight excluding hydrogens is 421 g/mol. The number of carbonyl (C=O) groups is 1. The number of fused-ring (bicyclic) bond motifs is 2. The number of pyridine rings is 1. The normalized spacial score (nSPS) is 16.8. The highest BCUT2D eigenvalue weighted by Gasteiger charge is 2.41. The number of nitrogens with two attached hydrogens (primary N) is 1. The lowest BCUT2D eigenvalue weighted by atomic mass is 9.87. The van der Waals surface area contributed by atoms with Gasteiger partial charge in [0.05, 0.1) is 18.2 Å². The smallest absolute Gasteiger partial charge is 0.417 e. The average Bonchev–Trinajstić information content (AvgIpc) is 3.19. The zero-order valence-corrected chi connectivity index (χ0v) is 17.7. The fourth-order valence-corrected chi connectivity index (χ4v) is 4.84. The molecule has 32 heavy (non-hydrogen) atoms. The summed E-state index contributed by atoms with van der Waals surface area (Å²) in [6, 6.07) is 10.5. The van der Waals surface area contributed by atoms with E-state index in [-0.39, 0.29) is 22.9 Å². The second-order valence-corrected chi connectivity index (χ2v) is 8.08. The Hall–Kier alpha value is -3.13. The molecule has 0 unspecified atom stereocenters. The van der Waals surface area contributed by atoms with Crippen LogP contribution in [0.3, 0.4) is 0 Å². The number of methoxy groups -OCH3 is 1. The van der Waals surface area contributed by atoms with Crippen LogP contribution >= 0.6 is 0 Å².